The number of aliphatic hydroxyl groups excluding tert-OH is 3. The molecule has 2 aliphatic heterocycles. The first-order chi connectivity index (χ1) is 19.1. The van der Waals surface area contributed by atoms with Crippen LogP contribution in [0, 0.1) is 6.92 Å². The highest BCUT2D eigenvalue weighted by Gasteiger charge is 2.45. The molecule has 9 atom stereocenters. The Kier molecular flexibility index (Phi) is 9.15. The molecule has 2 aliphatic rings. The Hall–Kier alpha value is -2.58. The first-order valence-corrected chi connectivity index (χ1v) is 14.7. The third kappa shape index (κ3) is 7.26. The van der Waals surface area contributed by atoms with Gasteiger partial charge in [0.25, 0.3) is 18.9 Å². The van der Waals surface area contributed by atoms with Gasteiger partial charge in [-0.3, -0.25) is 37.8 Å². The molecule has 0 radical (unpaired) electrons. The molecule has 0 spiro atoms. The van der Waals surface area contributed by atoms with Crippen LogP contribution in [0.25, 0.3) is 0 Å². The Morgan fingerprint density at radius 1 is 1.00 bits per heavy atom. The van der Waals surface area contributed by atoms with Crippen LogP contribution in [0.5, 0.6) is 0 Å². The van der Waals surface area contributed by atoms with Crippen LogP contribution in [0.3, 0.4) is 0 Å². The summed E-state index contributed by atoms with van der Waals surface area (Å²) in [6.07, 6.45) is -8.40. The number of aromatic nitrogens is 4. The predicted octanol–water partition coefficient (Wildman–Crippen LogP) is -3.72. The van der Waals surface area contributed by atoms with Crippen LogP contribution < -0.4 is 27.4 Å². The summed E-state index contributed by atoms with van der Waals surface area (Å²) in [6.45, 7) is -0.476. The van der Waals surface area contributed by atoms with Gasteiger partial charge in [0.05, 0.1) is 19.3 Å². The van der Waals surface area contributed by atoms with Gasteiger partial charge in [-0.05, 0) is 6.92 Å². The molecule has 4 rings (SSSR count). The lowest BCUT2D eigenvalue weighted by molar-refractivity contribution is -0.221. The number of aryl methyl sites for hydroxylation is 1. The van der Waals surface area contributed by atoms with Crippen molar-refractivity contribution in [2.75, 3.05) is 13.2 Å². The van der Waals surface area contributed by atoms with Crippen molar-refractivity contribution in [3.63, 3.8) is 0 Å². The Labute approximate surface area is 227 Å². The molecule has 2 fully saturated rings. The predicted molar refractivity (Wildman–Crippen MR) is 128 cm³/mol. The molecule has 41 heavy (non-hydrogen) atoms. The molecule has 228 valence electrons. The monoisotopic (exact) mass is 627 g/mol. The molecule has 22 heteroatoms. The Morgan fingerprint density at radius 2 is 1.66 bits per heavy atom. The molecule has 0 aliphatic carbocycles. The molecule has 4 heterocycles. The van der Waals surface area contributed by atoms with Crippen molar-refractivity contribution in [2.24, 2.45) is 0 Å². The lowest BCUT2D eigenvalue weighted by atomic mass is 10.1. The molecule has 0 amide bonds. The highest BCUT2D eigenvalue weighted by molar-refractivity contribution is 7.60. The lowest BCUT2D eigenvalue weighted by Gasteiger charge is -2.26. The summed E-state index contributed by atoms with van der Waals surface area (Å²) < 4.78 is 50.0. The fourth-order valence-electron chi connectivity index (χ4n) is 4.07. The highest BCUT2D eigenvalue weighted by atomic mass is 31.3. The third-order valence-electron chi connectivity index (χ3n) is 6.12. The van der Waals surface area contributed by atoms with E-state index in [4.69, 9.17) is 9.47 Å². The van der Waals surface area contributed by atoms with Gasteiger partial charge < -0.3 is 39.1 Å². The SMILES string of the molecule is Cc1cn([C@H]2CC(O)[C@@H](COP(=O)([O-])OP(=O)(O)OC[C@H]3O[C@@H](n4ccc(=O)[nH]c4=O)C(O)C3O)O2)c(=O)[nH]c1=O. The van der Waals surface area contributed by atoms with Crippen LogP contribution >= 0.6 is 15.6 Å². The fourth-order valence-corrected chi connectivity index (χ4v) is 6.12. The first kappa shape index (κ1) is 31.4. The van der Waals surface area contributed by atoms with Gasteiger partial charge in [-0.1, -0.05) is 0 Å². The van der Waals surface area contributed by atoms with Gasteiger partial charge in [-0.2, -0.15) is 0 Å². The van der Waals surface area contributed by atoms with Crippen molar-refractivity contribution in [3.05, 3.63) is 65.7 Å². The summed E-state index contributed by atoms with van der Waals surface area (Å²) in [5.74, 6) is 0. The van der Waals surface area contributed by atoms with E-state index >= 15 is 0 Å². The van der Waals surface area contributed by atoms with Crippen LogP contribution in [0.1, 0.15) is 24.4 Å². The zero-order valence-electron chi connectivity index (χ0n) is 20.9. The zero-order valence-corrected chi connectivity index (χ0v) is 22.7. The second-order valence-electron chi connectivity index (χ2n) is 9.06. The fraction of sp³-hybridized carbons (Fsp3) is 0.579. The molecule has 20 nitrogen and oxygen atoms in total. The van der Waals surface area contributed by atoms with Gasteiger partial charge in [0, 0.05) is 30.4 Å². The van der Waals surface area contributed by atoms with Gasteiger partial charge in [0.2, 0.25) is 0 Å². The normalized spacial score (nSPS) is 31.1. The molecule has 5 unspecified atom stereocenters. The Bertz CT molecular complexity index is 1600. The van der Waals surface area contributed by atoms with E-state index in [1.54, 1.807) is 0 Å². The Balaban J connectivity index is 1.31. The van der Waals surface area contributed by atoms with Crippen LogP contribution in [0.2, 0.25) is 0 Å². The minimum atomic E-state index is -5.60. The van der Waals surface area contributed by atoms with E-state index in [0.717, 1.165) is 21.4 Å². The highest BCUT2D eigenvalue weighted by Crippen LogP contribution is 2.58. The van der Waals surface area contributed by atoms with Crippen molar-refractivity contribution < 1.29 is 57.1 Å². The second kappa shape index (κ2) is 12.0. The number of hydrogen-bond donors (Lipinski definition) is 6. The standard InChI is InChI=1S/C19H26N4O16P2/c1-8-5-23(19(30)21-16(8)28)13-4-9(24)10(37-13)6-35-40(31,32)39-41(33,34)36-7-11-14(26)15(27)17(38-11)22-3-2-12(25)20-18(22)29/h2-3,5,9-11,13-15,17,24,26-27H,4,6-7H2,1H3,(H,31,32)(H,33,34)(H,20,25,29)(H,21,28,30)/p-1/t9?,10-,11-,13-,14?,15?,17-/m1/s1. The van der Waals surface area contributed by atoms with E-state index in [1.807, 2.05) is 4.98 Å². The summed E-state index contributed by atoms with van der Waals surface area (Å²) in [6, 6.07) is 0.940. The quantitative estimate of drug-likeness (QED) is 0.138. The number of hydrogen-bond acceptors (Lipinski definition) is 15. The number of aromatic amines is 2. The third-order valence-corrected chi connectivity index (χ3v) is 8.69. The van der Waals surface area contributed by atoms with E-state index in [9.17, 15) is 53.4 Å². The first-order valence-electron chi connectivity index (χ1n) is 11.7. The summed E-state index contributed by atoms with van der Waals surface area (Å²) in [4.78, 5) is 72.7. The largest absolute Gasteiger partial charge is 0.756 e. The van der Waals surface area contributed by atoms with E-state index in [-0.39, 0.29) is 12.0 Å². The molecule has 0 saturated carbocycles. The summed E-state index contributed by atoms with van der Waals surface area (Å²) >= 11 is 0. The van der Waals surface area contributed by atoms with Gasteiger partial charge >= 0.3 is 19.2 Å². The average Bonchev–Trinajstić information content (AvgIpc) is 3.37. The number of H-pyrrole nitrogens is 2. The number of ether oxygens (including phenoxy) is 2. The molecule has 0 bridgehead atoms. The number of aliphatic hydroxyl groups is 3. The Morgan fingerprint density at radius 3 is 2.34 bits per heavy atom. The number of rotatable bonds is 10. The van der Waals surface area contributed by atoms with E-state index in [1.165, 1.54) is 13.1 Å². The minimum absolute atomic E-state index is 0.171. The van der Waals surface area contributed by atoms with Gasteiger partial charge in [0.1, 0.15) is 30.6 Å². The number of phosphoric acid groups is 2. The molecular weight excluding hydrogens is 602 g/mol. The number of nitrogens with zero attached hydrogens (tertiary/aromatic N) is 2. The van der Waals surface area contributed by atoms with Crippen LogP contribution in [0.15, 0.2) is 37.6 Å². The van der Waals surface area contributed by atoms with Gasteiger partial charge in [-0.15, -0.1) is 0 Å². The van der Waals surface area contributed by atoms with E-state index in [0.29, 0.717) is 0 Å². The topological polar surface area (TPSA) is 294 Å². The van der Waals surface area contributed by atoms with Crippen LogP contribution in [-0.4, -0.2) is 83.0 Å². The number of nitrogens with one attached hydrogen (secondary N) is 2. The number of phosphoric ester groups is 2. The molecule has 2 aromatic rings. The summed E-state index contributed by atoms with van der Waals surface area (Å²) in [7, 11) is -11.0. The van der Waals surface area contributed by atoms with Crippen molar-refractivity contribution in [1.82, 2.24) is 19.1 Å². The molecule has 2 aromatic heterocycles. The van der Waals surface area contributed by atoms with E-state index in [2.05, 4.69) is 18.3 Å². The molecule has 6 N–H and O–H groups in total. The molecule has 2 saturated heterocycles. The minimum Gasteiger partial charge on any atom is -0.756 e. The van der Waals surface area contributed by atoms with E-state index < -0.39 is 94.3 Å². The molecule has 0 aromatic carbocycles. The zero-order chi connectivity index (χ0) is 30.3. The van der Waals surface area contributed by atoms with Crippen LogP contribution in [-0.2, 0) is 32.0 Å². The van der Waals surface area contributed by atoms with Gasteiger partial charge in [-0.25, -0.2) is 18.5 Å². The summed E-state index contributed by atoms with van der Waals surface area (Å²) in [5, 5.41) is 30.6. The van der Waals surface area contributed by atoms with Crippen molar-refractivity contribution in [1.29, 1.82) is 0 Å². The van der Waals surface area contributed by atoms with Crippen LogP contribution in [0.4, 0.5) is 0 Å². The van der Waals surface area contributed by atoms with Gasteiger partial charge in [0.15, 0.2) is 6.23 Å². The van der Waals surface area contributed by atoms with Crippen molar-refractivity contribution in [2.45, 2.75) is 56.3 Å². The lowest BCUT2D eigenvalue weighted by Crippen LogP contribution is -2.37. The average molecular weight is 627 g/mol. The van der Waals surface area contributed by atoms with Crippen molar-refractivity contribution in [3.8, 4) is 0 Å². The molecular formula is C19H25N4O16P2-. The van der Waals surface area contributed by atoms with Crippen molar-refractivity contribution >= 4 is 15.6 Å². The second-order valence-corrected chi connectivity index (χ2v) is 12.1. The smallest absolute Gasteiger partial charge is 0.478 e. The maximum absolute atomic E-state index is 12.2. The maximum Gasteiger partial charge on any atom is 0.478 e. The summed E-state index contributed by atoms with van der Waals surface area (Å²) in [5.41, 5.74) is -3.02. The maximum atomic E-state index is 12.2.